The molecule has 176 valence electrons. The molecular formula is C25H24ClN3O4S. The lowest BCUT2D eigenvalue weighted by Crippen LogP contribution is -2.25. The highest BCUT2D eigenvalue weighted by Crippen LogP contribution is 2.25. The van der Waals surface area contributed by atoms with Crippen molar-refractivity contribution >= 4 is 44.8 Å². The Morgan fingerprint density at radius 3 is 2.35 bits per heavy atom. The second-order valence-electron chi connectivity index (χ2n) is 8.33. The molecule has 0 bridgehead atoms. The average Bonchev–Trinajstić information content (AvgIpc) is 3.60. The molecular weight excluding hydrogens is 474 g/mol. The molecule has 9 heteroatoms. The van der Waals surface area contributed by atoms with Gasteiger partial charge in [0.2, 0.25) is 0 Å². The molecule has 0 saturated heterocycles. The lowest BCUT2D eigenvalue weighted by Gasteiger charge is -2.12. The van der Waals surface area contributed by atoms with Gasteiger partial charge in [-0.05, 0) is 86.3 Å². The summed E-state index contributed by atoms with van der Waals surface area (Å²) in [6, 6.07) is 15.9. The van der Waals surface area contributed by atoms with Crippen molar-refractivity contribution in [1.82, 2.24) is 5.32 Å². The fourth-order valence-corrected chi connectivity index (χ4v) is 4.58. The van der Waals surface area contributed by atoms with E-state index >= 15 is 0 Å². The van der Waals surface area contributed by atoms with Crippen molar-refractivity contribution in [2.75, 3.05) is 10.0 Å². The number of carbonyl (C=O) groups is 2. The molecule has 0 unspecified atom stereocenters. The third-order valence-electron chi connectivity index (χ3n) is 5.55. The highest BCUT2D eigenvalue weighted by atomic mass is 35.5. The minimum Gasteiger partial charge on any atom is -0.349 e. The van der Waals surface area contributed by atoms with Gasteiger partial charge in [0.1, 0.15) is 0 Å². The lowest BCUT2D eigenvalue weighted by atomic mass is 10.1. The molecule has 3 aromatic rings. The molecule has 0 aromatic heterocycles. The first kappa shape index (κ1) is 23.8. The predicted molar refractivity (Wildman–Crippen MR) is 133 cm³/mol. The van der Waals surface area contributed by atoms with Crippen LogP contribution < -0.4 is 15.4 Å². The highest BCUT2D eigenvalue weighted by molar-refractivity contribution is 7.92. The topological polar surface area (TPSA) is 104 Å². The standard InChI is InChI=1S/C25H24ClN3O4S/c1-15-6-7-20(12-16(15)2)29-34(32,33)21-10-11-23(26)22(14-21)25(31)28-19-5-3-4-17(13-19)24(30)27-18-8-9-18/h3-7,10-14,18,29H,8-9H2,1-2H3,(H,27,30)(H,28,31). The van der Waals surface area contributed by atoms with Crippen molar-refractivity contribution in [3.05, 3.63) is 87.9 Å². The molecule has 0 heterocycles. The number of sulfonamides is 1. The maximum absolute atomic E-state index is 12.9. The molecule has 4 rings (SSSR count). The Bertz CT molecular complexity index is 1380. The number of carbonyl (C=O) groups excluding carboxylic acids is 2. The smallest absolute Gasteiger partial charge is 0.261 e. The SMILES string of the molecule is Cc1ccc(NS(=O)(=O)c2ccc(Cl)c(C(=O)Nc3cccc(C(=O)NC4CC4)c3)c2)cc1C. The van der Waals surface area contributed by atoms with Gasteiger partial charge in [-0.1, -0.05) is 23.7 Å². The van der Waals surface area contributed by atoms with Gasteiger partial charge < -0.3 is 10.6 Å². The number of nitrogens with one attached hydrogen (secondary N) is 3. The Morgan fingerprint density at radius 1 is 0.882 bits per heavy atom. The summed E-state index contributed by atoms with van der Waals surface area (Å²) in [5.74, 6) is -0.796. The van der Waals surface area contributed by atoms with Crippen LogP contribution in [0.3, 0.4) is 0 Å². The van der Waals surface area contributed by atoms with Gasteiger partial charge in [-0.25, -0.2) is 8.42 Å². The molecule has 1 aliphatic rings. The number of aryl methyl sites for hydroxylation is 2. The fraction of sp³-hybridized carbons (Fsp3) is 0.200. The maximum atomic E-state index is 12.9. The summed E-state index contributed by atoms with van der Waals surface area (Å²) in [6.45, 7) is 3.83. The second-order valence-corrected chi connectivity index (χ2v) is 10.4. The summed E-state index contributed by atoms with van der Waals surface area (Å²) in [4.78, 5) is 25.1. The van der Waals surface area contributed by atoms with Crippen molar-refractivity contribution in [3.63, 3.8) is 0 Å². The van der Waals surface area contributed by atoms with Crippen LogP contribution in [0.15, 0.2) is 65.6 Å². The van der Waals surface area contributed by atoms with Gasteiger partial charge in [-0.3, -0.25) is 14.3 Å². The summed E-state index contributed by atoms with van der Waals surface area (Å²) in [5, 5.41) is 5.68. The van der Waals surface area contributed by atoms with E-state index in [1.54, 1.807) is 36.4 Å². The van der Waals surface area contributed by atoms with Gasteiger partial charge >= 0.3 is 0 Å². The molecule has 3 N–H and O–H groups in total. The number of anilines is 2. The molecule has 2 amide bonds. The first-order valence-corrected chi connectivity index (χ1v) is 12.6. The van der Waals surface area contributed by atoms with Gasteiger partial charge in [0, 0.05) is 23.0 Å². The van der Waals surface area contributed by atoms with Crippen LogP contribution >= 0.6 is 11.6 Å². The summed E-state index contributed by atoms with van der Waals surface area (Å²) in [6.07, 6.45) is 1.94. The molecule has 1 fully saturated rings. The molecule has 0 radical (unpaired) electrons. The lowest BCUT2D eigenvalue weighted by molar-refractivity contribution is 0.0949. The van der Waals surface area contributed by atoms with Gasteiger partial charge in [0.15, 0.2) is 0 Å². The quantitative estimate of drug-likeness (QED) is 0.431. The molecule has 1 saturated carbocycles. The van der Waals surface area contributed by atoms with E-state index in [0.29, 0.717) is 16.9 Å². The Morgan fingerprint density at radius 2 is 1.65 bits per heavy atom. The van der Waals surface area contributed by atoms with Gasteiger partial charge in [0.05, 0.1) is 15.5 Å². The number of hydrogen-bond acceptors (Lipinski definition) is 4. The molecule has 1 aliphatic carbocycles. The molecule has 34 heavy (non-hydrogen) atoms. The normalized spacial score (nSPS) is 13.3. The molecule has 0 spiro atoms. The van der Waals surface area contributed by atoms with E-state index in [1.165, 1.54) is 18.2 Å². The molecule has 7 nitrogen and oxygen atoms in total. The van der Waals surface area contributed by atoms with Gasteiger partial charge in [-0.15, -0.1) is 0 Å². The Hall–Kier alpha value is -3.36. The number of rotatable bonds is 7. The number of amides is 2. The van der Waals surface area contributed by atoms with Crippen molar-refractivity contribution in [1.29, 1.82) is 0 Å². The van der Waals surface area contributed by atoms with E-state index < -0.39 is 15.9 Å². The average molecular weight is 498 g/mol. The van der Waals surface area contributed by atoms with E-state index in [2.05, 4.69) is 15.4 Å². The van der Waals surface area contributed by atoms with Crippen LogP contribution in [0, 0.1) is 13.8 Å². The Kier molecular flexibility index (Phi) is 6.63. The van der Waals surface area contributed by atoms with Crippen LogP contribution in [0.5, 0.6) is 0 Å². The van der Waals surface area contributed by atoms with Crippen LogP contribution in [0.2, 0.25) is 5.02 Å². The van der Waals surface area contributed by atoms with E-state index in [0.717, 1.165) is 24.0 Å². The number of hydrogen-bond donors (Lipinski definition) is 3. The zero-order valence-electron chi connectivity index (χ0n) is 18.7. The summed E-state index contributed by atoms with van der Waals surface area (Å²) < 4.78 is 28.4. The van der Waals surface area contributed by atoms with Crippen LogP contribution in [-0.2, 0) is 10.0 Å². The zero-order chi connectivity index (χ0) is 24.5. The minimum atomic E-state index is -3.95. The minimum absolute atomic E-state index is 0.00235. The van der Waals surface area contributed by atoms with Crippen LogP contribution in [0.1, 0.15) is 44.7 Å². The largest absolute Gasteiger partial charge is 0.349 e. The number of benzene rings is 3. The summed E-state index contributed by atoms with van der Waals surface area (Å²) in [5.41, 5.74) is 3.23. The van der Waals surface area contributed by atoms with Crippen LogP contribution in [0.25, 0.3) is 0 Å². The van der Waals surface area contributed by atoms with Gasteiger partial charge in [0.25, 0.3) is 21.8 Å². The van der Waals surface area contributed by atoms with Crippen molar-refractivity contribution < 1.29 is 18.0 Å². The van der Waals surface area contributed by atoms with Gasteiger partial charge in [-0.2, -0.15) is 0 Å². The van der Waals surface area contributed by atoms with Crippen molar-refractivity contribution in [2.24, 2.45) is 0 Å². The Balaban J connectivity index is 1.54. The van der Waals surface area contributed by atoms with E-state index in [1.807, 2.05) is 19.9 Å². The van der Waals surface area contributed by atoms with E-state index in [-0.39, 0.29) is 27.4 Å². The first-order valence-electron chi connectivity index (χ1n) is 10.7. The zero-order valence-corrected chi connectivity index (χ0v) is 20.3. The third-order valence-corrected chi connectivity index (χ3v) is 7.26. The van der Waals surface area contributed by atoms with Crippen molar-refractivity contribution in [3.8, 4) is 0 Å². The first-order chi connectivity index (χ1) is 16.1. The molecule has 0 aliphatic heterocycles. The van der Waals surface area contributed by atoms with Crippen molar-refractivity contribution in [2.45, 2.75) is 37.6 Å². The summed E-state index contributed by atoms with van der Waals surface area (Å²) >= 11 is 6.21. The Labute approximate surface area is 203 Å². The highest BCUT2D eigenvalue weighted by Gasteiger charge is 2.24. The monoisotopic (exact) mass is 497 g/mol. The van der Waals surface area contributed by atoms with Crippen LogP contribution in [-0.4, -0.2) is 26.3 Å². The number of halogens is 1. The van der Waals surface area contributed by atoms with E-state index in [4.69, 9.17) is 11.6 Å². The summed E-state index contributed by atoms with van der Waals surface area (Å²) in [7, 11) is -3.95. The second kappa shape index (κ2) is 9.48. The maximum Gasteiger partial charge on any atom is 0.261 e. The fourth-order valence-electron chi connectivity index (χ4n) is 3.30. The van der Waals surface area contributed by atoms with E-state index in [9.17, 15) is 18.0 Å². The molecule has 0 atom stereocenters. The predicted octanol–water partition coefficient (Wildman–Crippen LogP) is 4.90. The molecule has 3 aromatic carbocycles. The van der Waals surface area contributed by atoms with Crippen LogP contribution in [0.4, 0.5) is 11.4 Å². The third kappa shape index (κ3) is 5.58.